The molecule has 0 unspecified atom stereocenters. The van der Waals surface area contributed by atoms with E-state index < -0.39 is 5.97 Å². The SMILES string of the molecule is CCc1ccccc1-n1nc(NC)c(C(=O)O)n1. The van der Waals surface area contributed by atoms with Gasteiger partial charge >= 0.3 is 5.97 Å². The molecular formula is C12H14N4O2. The third kappa shape index (κ3) is 2.04. The molecule has 0 radical (unpaired) electrons. The highest BCUT2D eigenvalue weighted by Gasteiger charge is 2.18. The zero-order valence-corrected chi connectivity index (χ0v) is 10.2. The molecule has 18 heavy (non-hydrogen) atoms. The maximum absolute atomic E-state index is 11.0. The van der Waals surface area contributed by atoms with Gasteiger partial charge in [0.15, 0.2) is 5.82 Å². The van der Waals surface area contributed by atoms with Crippen LogP contribution in [0.3, 0.4) is 0 Å². The first-order chi connectivity index (χ1) is 8.67. The number of hydrogen-bond donors (Lipinski definition) is 2. The van der Waals surface area contributed by atoms with Gasteiger partial charge in [0.25, 0.3) is 0 Å². The first-order valence-electron chi connectivity index (χ1n) is 5.64. The quantitative estimate of drug-likeness (QED) is 0.856. The molecule has 0 aliphatic rings. The van der Waals surface area contributed by atoms with Crippen molar-refractivity contribution in [3.05, 3.63) is 35.5 Å². The lowest BCUT2D eigenvalue weighted by Crippen LogP contribution is -2.04. The molecule has 94 valence electrons. The summed E-state index contributed by atoms with van der Waals surface area (Å²) in [6.45, 7) is 2.03. The van der Waals surface area contributed by atoms with Gasteiger partial charge in [0.1, 0.15) is 0 Å². The van der Waals surface area contributed by atoms with Gasteiger partial charge in [-0.15, -0.1) is 15.0 Å². The van der Waals surface area contributed by atoms with Gasteiger partial charge in [0, 0.05) is 7.05 Å². The number of nitrogens with zero attached hydrogens (tertiary/aromatic N) is 3. The molecule has 0 bridgehead atoms. The molecule has 0 aliphatic carbocycles. The fraction of sp³-hybridized carbons (Fsp3) is 0.250. The van der Waals surface area contributed by atoms with Crippen LogP contribution in [-0.2, 0) is 6.42 Å². The first-order valence-corrected chi connectivity index (χ1v) is 5.64. The van der Waals surface area contributed by atoms with Gasteiger partial charge < -0.3 is 10.4 Å². The van der Waals surface area contributed by atoms with Crippen LogP contribution in [0.1, 0.15) is 23.0 Å². The monoisotopic (exact) mass is 246 g/mol. The molecule has 6 nitrogen and oxygen atoms in total. The summed E-state index contributed by atoms with van der Waals surface area (Å²) in [4.78, 5) is 12.4. The molecular weight excluding hydrogens is 232 g/mol. The fourth-order valence-electron chi connectivity index (χ4n) is 1.73. The Morgan fingerprint density at radius 3 is 2.67 bits per heavy atom. The van der Waals surface area contributed by atoms with Crippen LogP contribution in [0, 0.1) is 0 Å². The number of benzene rings is 1. The van der Waals surface area contributed by atoms with Gasteiger partial charge in [-0.25, -0.2) is 4.79 Å². The van der Waals surface area contributed by atoms with E-state index in [1.54, 1.807) is 7.05 Å². The van der Waals surface area contributed by atoms with Crippen LogP contribution in [0.15, 0.2) is 24.3 Å². The number of carbonyl (C=O) groups is 1. The maximum Gasteiger partial charge on any atom is 0.360 e. The summed E-state index contributed by atoms with van der Waals surface area (Å²) in [6, 6.07) is 7.64. The summed E-state index contributed by atoms with van der Waals surface area (Å²) >= 11 is 0. The molecule has 1 heterocycles. The van der Waals surface area contributed by atoms with Gasteiger partial charge in [0.2, 0.25) is 5.69 Å². The number of rotatable bonds is 4. The zero-order valence-electron chi connectivity index (χ0n) is 10.2. The van der Waals surface area contributed by atoms with E-state index in [0.29, 0.717) is 0 Å². The van der Waals surface area contributed by atoms with Crippen molar-refractivity contribution in [1.82, 2.24) is 15.0 Å². The highest BCUT2D eigenvalue weighted by Crippen LogP contribution is 2.16. The number of anilines is 1. The molecule has 1 aromatic heterocycles. The second-order valence-corrected chi connectivity index (χ2v) is 3.72. The fourth-order valence-corrected chi connectivity index (χ4v) is 1.73. The topological polar surface area (TPSA) is 80.0 Å². The highest BCUT2D eigenvalue weighted by atomic mass is 16.4. The molecule has 2 rings (SSSR count). The number of para-hydroxylation sites is 1. The normalized spacial score (nSPS) is 10.3. The predicted octanol–water partition coefficient (Wildman–Crippen LogP) is 1.57. The third-order valence-corrected chi connectivity index (χ3v) is 2.64. The molecule has 6 heteroatoms. The number of hydrogen-bond acceptors (Lipinski definition) is 4. The molecule has 0 amide bonds. The molecule has 0 saturated heterocycles. The minimum Gasteiger partial charge on any atom is -0.476 e. The Morgan fingerprint density at radius 1 is 1.39 bits per heavy atom. The van der Waals surface area contributed by atoms with Gasteiger partial charge in [-0.1, -0.05) is 25.1 Å². The van der Waals surface area contributed by atoms with Crippen LogP contribution in [0.25, 0.3) is 5.69 Å². The summed E-state index contributed by atoms with van der Waals surface area (Å²) in [5.74, 6) is -0.840. The van der Waals surface area contributed by atoms with Gasteiger partial charge in [-0.2, -0.15) is 0 Å². The van der Waals surface area contributed by atoms with Crippen molar-refractivity contribution in [3.63, 3.8) is 0 Å². The van der Waals surface area contributed by atoms with Crippen molar-refractivity contribution in [3.8, 4) is 5.69 Å². The number of aromatic carboxylic acids is 1. The van der Waals surface area contributed by atoms with Crippen LogP contribution in [0.5, 0.6) is 0 Å². The minimum absolute atomic E-state index is 0.0802. The second kappa shape index (κ2) is 4.87. The summed E-state index contributed by atoms with van der Waals surface area (Å²) in [5, 5.41) is 19.9. The van der Waals surface area contributed by atoms with E-state index in [2.05, 4.69) is 15.5 Å². The Bertz CT molecular complexity index is 577. The predicted molar refractivity (Wildman–Crippen MR) is 67.2 cm³/mol. The Hall–Kier alpha value is -2.37. The number of carboxylic acids is 1. The molecule has 2 N–H and O–H groups in total. The molecule has 1 aromatic carbocycles. The van der Waals surface area contributed by atoms with Crippen molar-refractivity contribution in [2.45, 2.75) is 13.3 Å². The van der Waals surface area contributed by atoms with Gasteiger partial charge in [-0.05, 0) is 18.1 Å². The van der Waals surface area contributed by atoms with Crippen molar-refractivity contribution >= 4 is 11.8 Å². The number of carboxylic acid groups (broad SMARTS) is 1. The molecule has 0 spiro atoms. The van der Waals surface area contributed by atoms with E-state index >= 15 is 0 Å². The smallest absolute Gasteiger partial charge is 0.360 e. The van der Waals surface area contributed by atoms with Crippen LogP contribution >= 0.6 is 0 Å². The molecule has 2 aromatic rings. The largest absolute Gasteiger partial charge is 0.476 e. The van der Waals surface area contributed by atoms with E-state index in [4.69, 9.17) is 5.11 Å². The standard InChI is InChI=1S/C12H14N4O2/c1-3-8-6-4-5-7-9(8)16-14-10(12(17)18)11(13-2)15-16/h4-7H,3H2,1-2H3,(H,13,15)(H,17,18). The minimum atomic E-state index is -1.10. The van der Waals surface area contributed by atoms with Crippen molar-refractivity contribution < 1.29 is 9.90 Å². The Labute approximate surface area is 104 Å². The van der Waals surface area contributed by atoms with Gasteiger partial charge in [-0.3, -0.25) is 0 Å². The van der Waals surface area contributed by atoms with E-state index in [9.17, 15) is 4.79 Å². The third-order valence-electron chi connectivity index (χ3n) is 2.64. The van der Waals surface area contributed by atoms with Crippen LogP contribution in [-0.4, -0.2) is 33.1 Å². The zero-order chi connectivity index (χ0) is 13.1. The Morgan fingerprint density at radius 2 is 2.11 bits per heavy atom. The Balaban J connectivity index is 2.54. The lowest BCUT2D eigenvalue weighted by Gasteiger charge is -2.05. The lowest BCUT2D eigenvalue weighted by atomic mass is 10.1. The lowest BCUT2D eigenvalue weighted by molar-refractivity contribution is 0.0691. The van der Waals surface area contributed by atoms with Crippen LogP contribution in [0.2, 0.25) is 0 Å². The molecule has 0 atom stereocenters. The highest BCUT2D eigenvalue weighted by molar-refractivity contribution is 5.90. The summed E-state index contributed by atoms with van der Waals surface area (Å²) in [6.07, 6.45) is 0.828. The first kappa shape index (κ1) is 12.1. The van der Waals surface area contributed by atoms with E-state index in [1.807, 2.05) is 31.2 Å². The van der Waals surface area contributed by atoms with Crippen molar-refractivity contribution in [1.29, 1.82) is 0 Å². The van der Waals surface area contributed by atoms with Crippen molar-refractivity contribution in [2.75, 3.05) is 12.4 Å². The number of nitrogens with one attached hydrogen (secondary N) is 1. The average Bonchev–Trinajstić information content (AvgIpc) is 2.82. The van der Waals surface area contributed by atoms with Gasteiger partial charge in [0.05, 0.1) is 5.69 Å². The molecule has 0 aliphatic heterocycles. The van der Waals surface area contributed by atoms with Crippen LogP contribution in [0.4, 0.5) is 5.82 Å². The molecule has 0 saturated carbocycles. The van der Waals surface area contributed by atoms with Crippen LogP contribution < -0.4 is 5.32 Å². The van der Waals surface area contributed by atoms with E-state index in [1.165, 1.54) is 4.80 Å². The summed E-state index contributed by atoms with van der Waals surface area (Å²) in [5.41, 5.74) is 1.78. The summed E-state index contributed by atoms with van der Waals surface area (Å²) in [7, 11) is 1.62. The maximum atomic E-state index is 11.0. The number of aryl methyl sites for hydroxylation is 1. The summed E-state index contributed by atoms with van der Waals surface area (Å²) < 4.78 is 0. The van der Waals surface area contributed by atoms with E-state index in [0.717, 1.165) is 17.7 Å². The average molecular weight is 246 g/mol. The van der Waals surface area contributed by atoms with E-state index in [-0.39, 0.29) is 11.5 Å². The number of aromatic nitrogens is 3. The molecule has 0 fully saturated rings. The second-order valence-electron chi connectivity index (χ2n) is 3.72. The Kier molecular flexibility index (Phi) is 3.27. The van der Waals surface area contributed by atoms with Crippen molar-refractivity contribution in [2.24, 2.45) is 0 Å².